The first kappa shape index (κ1) is 22.3. The molecule has 0 bridgehead atoms. The van der Waals surface area contributed by atoms with Crippen molar-refractivity contribution < 1.29 is 4.39 Å². The fraction of sp³-hybridized carbons (Fsp3) is 0.214. The lowest BCUT2D eigenvalue weighted by Crippen LogP contribution is -2.29. The zero-order chi connectivity index (χ0) is 24.0. The van der Waals surface area contributed by atoms with Crippen LogP contribution in [0.2, 0.25) is 0 Å². The second-order valence-corrected chi connectivity index (χ2v) is 9.31. The topological polar surface area (TPSA) is 33.1 Å². The standard InChI is InChI=1S/C28H27FN4S/c1-17-8-10-21(11-9-17)32-19(3)16-23(20(32)4)27-26(25-7-5-6-14-30-25)31-28(34)33(27)22-12-13-24(29)18(2)15-22/h5-16,26-27H,1-4H3,(H,31,34). The van der Waals surface area contributed by atoms with Crippen molar-refractivity contribution in [1.82, 2.24) is 14.9 Å². The molecule has 2 aromatic heterocycles. The van der Waals surface area contributed by atoms with Gasteiger partial charge in [-0.25, -0.2) is 4.39 Å². The molecule has 0 saturated carbocycles. The summed E-state index contributed by atoms with van der Waals surface area (Å²) in [5, 5.41) is 4.10. The number of hydrogen-bond donors (Lipinski definition) is 1. The highest BCUT2D eigenvalue weighted by atomic mass is 32.1. The van der Waals surface area contributed by atoms with E-state index < -0.39 is 0 Å². The highest BCUT2D eigenvalue weighted by Gasteiger charge is 2.42. The third-order valence-corrected chi connectivity index (χ3v) is 6.91. The summed E-state index contributed by atoms with van der Waals surface area (Å²) in [4.78, 5) is 6.74. The average molecular weight is 471 g/mol. The molecule has 2 aromatic carbocycles. The number of aromatic nitrogens is 2. The first-order valence-electron chi connectivity index (χ1n) is 11.4. The quantitative estimate of drug-likeness (QED) is 0.349. The predicted molar refractivity (Wildman–Crippen MR) is 139 cm³/mol. The Balaban J connectivity index is 1.68. The number of nitrogens with one attached hydrogen (secondary N) is 1. The van der Waals surface area contributed by atoms with Gasteiger partial charge >= 0.3 is 0 Å². The van der Waals surface area contributed by atoms with E-state index in [0.717, 1.165) is 34.0 Å². The Hall–Kier alpha value is -3.51. The van der Waals surface area contributed by atoms with Gasteiger partial charge in [0.25, 0.3) is 0 Å². The first-order valence-corrected chi connectivity index (χ1v) is 11.8. The summed E-state index contributed by atoms with van der Waals surface area (Å²) in [7, 11) is 0. The highest BCUT2D eigenvalue weighted by Crippen LogP contribution is 2.44. The molecule has 1 aliphatic heterocycles. The Bertz CT molecular complexity index is 1360. The number of nitrogens with zero attached hydrogens (tertiary/aromatic N) is 3. The summed E-state index contributed by atoms with van der Waals surface area (Å²) >= 11 is 5.83. The molecule has 2 atom stereocenters. The van der Waals surface area contributed by atoms with Gasteiger partial charge in [-0.3, -0.25) is 4.98 Å². The molecule has 1 aliphatic rings. The molecule has 4 nitrogen and oxygen atoms in total. The molecule has 1 fully saturated rings. The fourth-order valence-corrected chi connectivity index (χ4v) is 5.25. The molecule has 0 aliphatic carbocycles. The van der Waals surface area contributed by atoms with Crippen molar-refractivity contribution in [2.45, 2.75) is 39.8 Å². The van der Waals surface area contributed by atoms with Crippen molar-refractivity contribution in [1.29, 1.82) is 0 Å². The molecule has 1 N–H and O–H groups in total. The Kier molecular flexibility index (Phi) is 5.70. The number of aryl methyl sites for hydroxylation is 3. The van der Waals surface area contributed by atoms with E-state index >= 15 is 0 Å². The van der Waals surface area contributed by atoms with Crippen molar-refractivity contribution in [3.63, 3.8) is 0 Å². The molecule has 2 unspecified atom stereocenters. The zero-order valence-electron chi connectivity index (χ0n) is 19.7. The number of rotatable bonds is 4. The van der Waals surface area contributed by atoms with Crippen molar-refractivity contribution in [2.75, 3.05) is 4.90 Å². The number of benzene rings is 2. The van der Waals surface area contributed by atoms with Gasteiger partial charge in [0, 0.05) is 29.0 Å². The SMILES string of the molecule is Cc1ccc(-n2c(C)cc(C3C(c4ccccn4)NC(=S)N3c3ccc(F)c(C)c3)c2C)cc1. The van der Waals surface area contributed by atoms with Crippen molar-refractivity contribution in [2.24, 2.45) is 0 Å². The molecule has 6 heteroatoms. The van der Waals surface area contributed by atoms with E-state index in [1.54, 1.807) is 19.2 Å². The Morgan fingerprint density at radius 1 is 0.912 bits per heavy atom. The van der Waals surface area contributed by atoms with Crippen LogP contribution in [-0.4, -0.2) is 14.7 Å². The molecule has 3 heterocycles. The molecule has 172 valence electrons. The molecule has 0 radical (unpaired) electrons. The second-order valence-electron chi connectivity index (χ2n) is 8.93. The summed E-state index contributed by atoms with van der Waals surface area (Å²) in [6, 6.07) is 21.6. The van der Waals surface area contributed by atoms with Crippen LogP contribution in [0, 0.1) is 33.5 Å². The fourth-order valence-electron chi connectivity index (χ4n) is 4.91. The van der Waals surface area contributed by atoms with E-state index in [0.29, 0.717) is 10.7 Å². The van der Waals surface area contributed by atoms with Crippen LogP contribution < -0.4 is 10.2 Å². The maximum Gasteiger partial charge on any atom is 0.174 e. The summed E-state index contributed by atoms with van der Waals surface area (Å²) in [6.07, 6.45) is 1.80. The first-order chi connectivity index (χ1) is 16.3. The maximum absolute atomic E-state index is 14.1. The van der Waals surface area contributed by atoms with Crippen LogP contribution in [0.5, 0.6) is 0 Å². The summed E-state index contributed by atoms with van der Waals surface area (Å²) in [6.45, 7) is 8.14. The number of pyridine rings is 1. The Morgan fingerprint density at radius 3 is 2.32 bits per heavy atom. The van der Waals surface area contributed by atoms with Gasteiger partial charge in [0.15, 0.2) is 5.11 Å². The van der Waals surface area contributed by atoms with Crippen LogP contribution in [0.3, 0.4) is 0 Å². The van der Waals surface area contributed by atoms with E-state index in [1.807, 2.05) is 24.3 Å². The van der Waals surface area contributed by atoms with E-state index in [-0.39, 0.29) is 17.9 Å². The minimum Gasteiger partial charge on any atom is -0.351 e. The van der Waals surface area contributed by atoms with E-state index in [1.165, 1.54) is 11.6 Å². The van der Waals surface area contributed by atoms with Crippen LogP contribution in [0.25, 0.3) is 5.69 Å². The maximum atomic E-state index is 14.1. The minimum absolute atomic E-state index is 0.141. The number of thiocarbonyl (C=S) groups is 1. The van der Waals surface area contributed by atoms with Crippen LogP contribution in [-0.2, 0) is 0 Å². The molecular formula is C28H27FN4S. The molecule has 4 aromatic rings. The van der Waals surface area contributed by atoms with Gasteiger partial charge in [0.1, 0.15) is 5.82 Å². The van der Waals surface area contributed by atoms with E-state index in [9.17, 15) is 4.39 Å². The van der Waals surface area contributed by atoms with Gasteiger partial charge in [-0.1, -0.05) is 23.8 Å². The smallest absolute Gasteiger partial charge is 0.174 e. The normalized spacial score (nSPS) is 17.8. The zero-order valence-corrected chi connectivity index (χ0v) is 20.5. The number of anilines is 1. The van der Waals surface area contributed by atoms with Crippen LogP contribution in [0.15, 0.2) is 72.9 Å². The lowest BCUT2D eigenvalue weighted by atomic mass is 9.96. The van der Waals surface area contributed by atoms with Gasteiger partial charge in [-0.05, 0) is 99.6 Å². The molecule has 1 saturated heterocycles. The van der Waals surface area contributed by atoms with Crippen LogP contribution >= 0.6 is 12.2 Å². The van der Waals surface area contributed by atoms with Gasteiger partial charge in [-0.15, -0.1) is 0 Å². The second kappa shape index (κ2) is 8.69. The van der Waals surface area contributed by atoms with E-state index in [4.69, 9.17) is 12.2 Å². The van der Waals surface area contributed by atoms with Crippen molar-refractivity contribution in [3.05, 3.63) is 113 Å². The molecular weight excluding hydrogens is 443 g/mol. The Labute approximate surface area is 205 Å². The largest absolute Gasteiger partial charge is 0.351 e. The monoisotopic (exact) mass is 470 g/mol. The molecule has 34 heavy (non-hydrogen) atoms. The predicted octanol–water partition coefficient (Wildman–Crippen LogP) is 6.42. The summed E-state index contributed by atoms with van der Waals surface area (Å²) in [5.74, 6) is -0.225. The minimum atomic E-state index is -0.225. The van der Waals surface area contributed by atoms with Crippen molar-refractivity contribution in [3.8, 4) is 5.69 Å². The number of hydrogen-bond acceptors (Lipinski definition) is 2. The lowest BCUT2D eigenvalue weighted by molar-refractivity contribution is 0.564. The molecule has 0 amide bonds. The average Bonchev–Trinajstić information content (AvgIpc) is 3.32. The lowest BCUT2D eigenvalue weighted by Gasteiger charge is -2.28. The van der Waals surface area contributed by atoms with Crippen LogP contribution in [0.4, 0.5) is 10.1 Å². The van der Waals surface area contributed by atoms with Gasteiger partial charge in [-0.2, -0.15) is 0 Å². The van der Waals surface area contributed by atoms with Crippen LogP contribution in [0.1, 0.15) is 45.9 Å². The highest BCUT2D eigenvalue weighted by molar-refractivity contribution is 7.80. The molecule has 5 rings (SSSR count). The van der Waals surface area contributed by atoms with Gasteiger partial charge < -0.3 is 14.8 Å². The van der Waals surface area contributed by atoms with E-state index in [2.05, 4.69) is 70.9 Å². The Morgan fingerprint density at radius 2 is 1.65 bits per heavy atom. The summed E-state index contributed by atoms with van der Waals surface area (Å²) in [5.41, 5.74) is 8.15. The summed E-state index contributed by atoms with van der Waals surface area (Å²) < 4.78 is 16.4. The third-order valence-electron chi connectivity index (χ3n) is 6.60. The van der Waals surface area contributed by atoms with Crippen molar-refractivity contribution >= 4 is 23.0 Å². The third kappa shape index (κ3) is 3.78. The van der Waals surface area contributed by atoms with Gasteiger partial charge in [0.05, 0.1) is 17.8 Å². The molecule has 0 spiro atoms. The van der Waals surface area contributed by atoms with Gasteiger partial charge in [0.2, 0.25) is 0 Å². The number of halogens is 1.